The molecule has 1 fully saturated rings. The van der Waals surface area contributed by atoms with Gasteiger partial charge in [-0.05, 0) is 136 Å². The van der Waals surface area contributed by atoms with Crippen LogP contribution < -0.4 is 29.9 Å². The van der Waals surface area contributed by atoms with Crippen molar-refractivity contribution in [3.8, 4) is 46.2 Å². The SMILES string of the molecule is CCN(CC)c1ccc(N=Nc2snc(-c3ccc(OC)c(S(=O)(=O)O)c3)c2C#N)c(Nc2nc(Nc3cc(N(CC)CC)ccc3N=Nc3snc(-c4ccc(OC)c(S(=O)(=O)O)c4)c3C#N)nc(SC3CCCCC3)n2)c1. The van der Waals surface area contributed by atoms with E-state index in [0.29, 0.717) is 54.1 Å². The van der Waals surface area contributed by atoms with Gasteiger partial charge in [-0.3, -0.25) is 9.11 Å². The lowest BCUT2D eigenvalue weighted by Gasteiger charge is -2.23. The minimum absolute atomic E-state index is 0.0312. The predicted molar refractivity (Wildman–Crippen MR) is 305 cm³/mol. The van der Waals surface area contributed by atoms with Crippen LogP contribution in [-0.4, -0.2) is 95.3 Å². The Morgan fingerprint density at radius 3 is 1.44 bits per heavy atom. The molecule has 1 aliphatic rings. The van der Waals surface area contributed by atoms with Gasteiger partial charge in [-0.25, -0.2) is 0 Å². The van der Waals surface area contributed by atoms with E-state index in [-0.39, 0.29) is 72.3 Å². The highest BCUT2D eigenvalue weighted by Gasteiger charge is 2.25. The molecule has 0 amide bonds. The Labute approximate surface area is 469 Å². The number of nitriles is 2. The molecule has 4 aromatic carbocycles. The van der Waals surface area contributed by atoms with Gasteiger partial charge in [0, 0.05) is 53.9 Å². The first-order chi connectivity index (χ1) is 38.0. The molecular formula is C51H53N15O8S5. The van der Waals surface area contributed by atoms with E-state index in [0.717, 1.165) is 66.5 Å². The fourth-order valence-electron chi connectivity index (χ4n) is 8.63. The van der Waals surface area contributed by atoms with Crippen molar-refractivity contribution in [2.75, 3.05) is 60.8 Å². The molecular weight excluding hydrogens is 1110 g/mol. The normalized spacial score (nSPS) is 13.1. The summed E-state index contributed by atoms with van der Waals surface area (Å²) in [6.07, 6.45) is 5.29. The Balaban J connectivity index is 1.18. The van der Waals surface area contributed by atoms with Crippen LogP contribution in [0.2, 0.25) is 0 Å². The molecule has 0 saturated heterocycles. The number of thioether (sulfide) groups is 1. The molecule has 8 rings (SSSR count). The van der Waals surface area contributed by atoms with E-state index in [9.17, 15) is 36.5 Å². The van der Waals surface area contributed by atoms with Crippen molar-refractivity contribution in [1.82, 2.24) is 23.7 Å². The first kappa shape index (κ1) is 57.5. The van der Waals surface area contributed by atoms with Gasteiger partial charge in [0.25, 0.3) is 20.2 Å². The quantitative estimate of drug-likeness (QED) is 0.0362. The third-order valence-electron chi connectivity index (χ3n) is 12.6. The summed E-state index contributed by atoms with van der Waals surface area (Å²) in [5.74, 6) is 0.176. The maximum absolute atomic E-state index is 12.2. The lowest BCUT2D eigenvalue weighted by Crippen LogP contribution is -2.21. The number of nitrogens with one attached hydrogen (secondary N) is 2. The van der Waals surface area contributed by atoms with Gasteiger partial charge >= 0.3 is 0 Å². The van der Waals surface area contributed by atoms with Crippen LogP contribution in [0.1, 0.15) is 70.9 Å². The lowest BCUT2D eigenvalue weighted by molar-refractivity contribution is 0.397. The van der Waals surface area contributed by atoms with Crippen molar-refractivity contribution >= 4 is 111 Å². The van der Waals surface area contributed by atoms with Crippen molar-refractivity contribution in [3.05, 3.63) is 83.9 Å². The number of ether oxygens (including phenoxy) is 2. The molecule has 0 spiro atoms. The third-order valence-corrected chi connectivity index (χ3v) is 17.1. The average molecular weight is 1160 g/mol. The summed E-state index contributed by atoms with van der Waals surface area (Å²) < 4.78 is 87.8. The number of hydrogen-bond acceptors (Lipinski definition) is 24. The highest BCUT2D eigenvalue weighted by molar-refractivity contribution is 7.99. The van der Waals surface area contributed by atoms with Gasteiger partial charge in [0.05, 0.1) is 25.6 Å². The van der Waals surface area contributed by atoms with Gasteiger partial charge in [-0.15, -0.1) is 20.5 Å². The molecule has 1 saturated carbocycles. The van der Waals surface area contributed by atoms with Crippen LogP contribution in [0.5, 0.6) is 11.5 Å². The first-order valence-corrected chi connectivity index (χ1v) is 30.0. The number of aromatic nitrogens is 5. The zero-order valence-corrected chi connectivity index (χ0v) is 47.7. The Morgan fingerprint density at radius 1 is 0.633 bits per heavy atom. The van der Waals surface area contributed by atoms with Crippen molar-refractivity contribution in [2.24, 2.45) is 20.5 Å². The minimum Gasteiger partial charge on any atom is -0.495 e. The van der Waals surface area contributed by atoms with Gasteiger partial charge in [0.15, 0.2) is 15.2 Å². The van der Waals surface area contributed by atoms with E-state index in [1.165, 1.54) is 50.6 Å². The summed E-state index contributed by atoms with van der Waals surface area (Å²) in [6.45, 7) is 11.0. The molecule has 79 heavy (non-hydrogen) atoms. The van der Waals surface area contributed by atoms with Gasteiger partial charge in [0.1, 0.15) is 67.3 Å². The second-order valence-corrected chi connectivity index (χ2v) is 22.9. The third kappa shape index (κ3) is 13.4. The Morgan fingerprint density at radius 2 is 1.06 bits per heavy atom. The number of hydrogen-bond donors (Lipinski definition) is 4. The number of azo groups is 2. The van der Waals surface area contributed by atoms with Crippen molar-refractivity contribution < 1.29 is 35.4 Å². The zero-order chi connectivity index (χ0) is 56.4. The highest BCUT2D eigenvalue weighted by Crippen LogP contribution is 2.42. The molecule has 4 N–H and O–H groups in total. The molecule has 28 heteroatoms. The van der Waals surface area contributed by atoms with E-state index in [1.807, 2.05) is 52.0 Å². The summed E-state index contributed by atoms with van der Waals surface area (Å²) in [7, 11) is -6.84. The second kappa shape index (κ2) is 25.4. The van der Waals surface area contributed by atoms with Crippen LogP contribution in [0.3, 0.4) is 0 Å². The molecule has 410 valence electrons. The highest BCUT2D eigenvalue weighted by atomic mass is 32.2. The van der Waals surface area contributed by atoms with Gasteiger partial charge in [0.2, 0.25) is 11.9 Å². The molecule has 1 aliphatic carbocycles. The van der Waals surface area contributed by atoms with Gasteiger partial charge < -0.3 is 29.9 Å². The van der Waals surface area contributed by atoms with E-state index >= 15 is 0 Å². The molecule has 0 aliphatic heterocycles. The molecule has 0 atom stereocenters. The fraction of sp³-hybridized carbons (Fsp3) is 0.314. The van der Waals surface area contributed by atoms with Crippen molar-refractivity contribution in [1.29, 1.82) is 10.5 Å². The molecule has 3 heterocycles. The Bertz CT molecular complexity index is 3520. The predicted octanol–water partition coefficient (Wildman–Crippen LogP) is 12.8. The molecule has 0 radical (unpaired) electrons. The fourth-order valence-corrected chi connectivity index (χ4v) is 12.5. The largest absolute Gasteiger partial charge is 0.495 e. The van der Waals surface area contributed by atoms with Crippen LogP contribution >= 0.6 is 34.8 Å². The number of methoxy groups -OCH3 is 2. The van der Waals surface area contributed by atoms with E-state index in [2.05, 4.69) is 61.8 Å². The summed E-state index contributed by atoms with van der Waals surface area (Å²) >= 11 is 3.33. The lowest BCUT2D eigenvalue weighted by atomic mass is 10.0. The first-order valence-electron chi connectivity index (χ1n) is 24.7. The van der Waals surface area contributed by atoms with Gasteiger partial charge in [-0.1, -0.05) is 31.0 Å². The summed E-state index contributed by atoms with van der Waals surface area (Å²) in [5.41, 5.74) is 4.18. The minimum atomic E-state index is -4.69. The van der Waals surface area contributed by atoms with Crippen molar-refractivity contribution in [2.45, 2.75) is 80.0 Å². The van der Waals surface area contributed by atoms with E-state index in [4.69, 9.17) is 24.4 Å². The monoisotopic (exact) mass is 1160 g/mol. The van der Waals surface area contributed by atoms with Gasteiger partial charge in [-0.2, -0.15) is 51.1 Å². The topological polar surface area (TPSA) is 319 Å². The Hall–Kier alpha value is -7.70. The maximum Gasteiger partial charge on any atom is 0.298 e. The summed E-state index contributed by atoms with van der Waals surface area (Å²) in [4.78, 5) is 18.1. The zero-order valence-electron chi connectivity index (χ0n) is 43.6. The molecule has 0 unspecified atom stereocenters. The molecule has 23 nitrogen and oxygen atoms in total. The second-order valence-electron chi connectivity index (χ2n) is 17.4. The van der Waals surface area contributed by atoms with Crippen molar-refractivity contribution in [3.63, 3.8) is 0 Å². The number of nitrogens with zero attached hydrogens (tertiary/aromatic N) is 13. The molecule has 0 bridgehead atoms. The van der Waals surface area contributed by atoms with E-state index in [1.54, 1.807) is 23.9 Å². The van der Waals surface area contributed by atoms with Crippen LogP contribution in [-0.2, 0) is 20.2 Å². The number of rotatable bonds is 22. The van der Waals surface area contributed by atoms with Crippen LogP contribution in [0.25, 0.3) is 22.5 Å². The average Bonchev–Trinajstić information content (AvgIpc) is 4.15. The standard InChI is InChI=1S/C51H53N15O8S5/c1-7-65(8-2)32-18-20-37(59-61-47-35(28-52)45(63-76-47)30-16-22-41(73-5)43(24-30)78(67,68)69)39(26-32)54-49-56-50(58-51(57-49)75-34-14-12-11-13-15-34)55-40-27-33(66(9-3)10-4)19-21-38(40)60-62-48-36(29-53)46(64-77-48)31-17-23-42(74-6)44(25-31)79(70,71)72/h16-27,34H,7-15H2,1-6H3,(H,67,68,69)(H,70,71,72)(H2,54,55,56,57,58). The van der Waals surface area contributed by atoms with Crippen LogP contribution in [0.15, 0.2) is 108 Å². The van der Waals surface area contributed by atoms with Crippen LogP contribution in [0.4, 0.5) is 56.0 Å². The Kier molecular flexibility index (Phi) is 18.5. The smallest absolute Gasteiger partial charge is 0.298 e. The van der Waals surface area contributed by atoms with Crippen LogP contribution in [0, 0.1) is 22.7 Å². The summed E-state index contributed by atoms with van der Waals surface area (Å²) in [5, 5.41) is 46.7. The molecule has 3 aromatic heterocycles. The number of benzene rings is 4. The van der Waals surface area contributed by atoms with E-state index < -0.39 is 30.0 Å². The maximum atomic E-state index is 12.2. The summed E-state index contributed by atoms with van der Waals surface area (Å²) in [6, 6.07) is 23.5. The number of anilines is 6. The molecule has 7 aromatic rings.